The largest absolute Gasteiger partial charge is 0.378 e. The van der Waals surface area contributed by atoms with Crippen molar-refractivity contribution in [3.63, 3.8) is 0 Å². The van der Waals surface area contributed by atoms with Gasteiger partial charge in [0.05, 0.1) is 6.10 Å². The van der Waals surface area contributed by atoms with Crippen molar-refractivity contribution in [1.29, 1.82) is 0 Å². The van der Waals surface area contributed by atoms with Crippen LogP contribution in [-0.2, 0) is 4.74 Å². The SMILES string of the molecule is CCCCCCCCCCCC[CH]CCCCC1CCO1. The Labute approximate surface area is 134 Å². The van der Waals surface area contributed by atoms with Crippen molar-refractivity contribution in [2.45, 2.75) is 116 Å². The van der Waals surface area contributed by atoms with Gasteiger partial charge >= 0.3 is 0 Å². The first-order valence-electron chi connectivity index (χ1n) is 9.86. The highest BCUT2D eigenvalue weighted by Crippen LogP contribution is 2.18. The van der Waals surface area contributed by atoms with Crippen molar-refractivity contribution >= 4 is 0 Å². The van der Waals surface area contributed by atoms with Crippen molar-refractivity contribution < 1.29 is 4.74 Å². The number of ether oxygens (including phenoxy) is 1. The highest BCUT2D eigenvalue weighted by Gasteiger charge is 2.16. The molecular formula is C20H39O. The van der Waals surface area contributed by atoms with Gasteiger partial charge in [-0.2, -0.15) is 0 Å². The minimum Gasteiger partial charge on any atom is -0.378 e. The van der Waals surface area contributed by atoms with Crippen LogP contribution in [0.1, 0.15) is 110 Å². The summed E-state index contributed by atoms with van der Waals surface area (Å²) in [7, 11) is 0. The van der Waals surface area contributed by atoms with E-state index in [1.165, 1.54) is 103 Å². The third kappa shape index (κ3) is 12.2. The minimum atomic E-state index is 0.618. The highest BCUT2D eigenvalue weighted by atomic mass is 16.5. The summed E-state index contributed by atoms with van der Waals surface area (Å²) in [6, 6.07) is 0. The van der Waals surface area contributed by atoms with Crippen molar-refractivity contribution in [2.75, 3.05) is 6.61 Å². The molecule has 1 aliphatic rings. The van der Waals surface area contributed by atoms with Gasteiger partial charge in [-0.1, -0.05) is 96.8 Å². The molecule has 1 radical (unpaired) electrons. The Bertz CT molecular complexity index is 198. The molecule has 1 nitrogen and oxygen atoms in total. The monoisotopic (exact) mass is 295 g/mol. The molecule has 125 valence electrons. The molecule has 0 spiro atoms. The fourth-order valence-electron chi connectivity index (χ4n) is 3.09. The van der Waals surface area contributed by atoms with E-state index in [0.717, 1.165) is 6.61 Å². The van der Waals surface area contributed by atoms with Crippen LogP contribution in [0, 0.1) is 6.42 Å². The standard InChI is InChI=1S/C20H39O/c1-2-3-4-5-6-7-8-9-10-11-12-13-14-15-16-17-20-18-19-21-20/h13,20H,2-12,14-19H2,1H3. The fourth-order valence-corrected chi connectivity index (χ4v) is 3.09. The van der Waals surface area contributed by atoms with E-state index < -0.39 is 0 Å². The van der Waals surface area contributed by atoms with Crippen LogP contribution < -0.4 is 0 Å². The van der Waals surface area contributed by atoms with Crippen LogP contribution in [0.2, 0.25) is 0 Å². The first kappa shape index (κ1) is 19.0. The van der Waals surface area contributed by atoms with Crippen LogP contribution >= 0.6 is 0 Å². The molecule has 1 saturated heterocycles. The molecule has 0 aromatic heterocycles. The highest BCUT2D eigenvalue weighted by molar-refractivity contribution is 4.69. The van der Waals surface area contributed by atoms with Crippen LogP contribution in [0.15, 0.2) is 0 Å². The second-order valence-electron chi connectivity index (χ2n) is 6.83. The summed E-state index contributed by atoms with van der Waals surface area (Å²) in [5.41, 5.74) is 0. The summed E-state index contributed by atoms with van der Waals surface area (Å²) < 4.78 is 5.44. The zero-order valence-electron chi connectivity index (χ0n) is 14.6. The Morgan fingerprint density at radius 1 is 0.762 bits per heavy atom. The van der Waals surface area contributed by atoms with Crippen LogP contribution in [0.3, 0.4) is 0 Å². The maximum Gasteiger partial charge on any atom is 0.0597 e. The lowest BCUT2D eigenvalue weighted by Crippen LogP contribution is -2.26. The number of hydrogen-bond acceptors (Lipinski definition) is 1. The molecule has 0 aliphatic carbocycles. The van der Waals surface area contributed by atoms with Crippen LogP contribution in [-0.4, -0.2) is 12.7 Å². The quantitative estimate of drug-likeness (QED) is 0.283. The molecular weight excluding hydrogens is 256 g/mol. The van der Waals surface area contributed by atoms with E-state index in [1.807, 2.05) is 0 Å². The van der Waals surface area contributed by atoms with E-state index in [9.17, 15) is 0 Å². The topological polar surface area (TPSA) is 9.23 Å². The second-order valence-corrected chi connectivity index (χ2v) is 6.83. The molecule has 1 heterocycles. The summed E-state index contributed by atoms with van der Waals surface area (Å²) in [4.78, 5) is 0. The fraction of sp³-hybridized carbons (Fsp3) is 0.950. The molecule has 0 N–H and O–H groups in total. The van der Waals surface area contributed by atoms with E-state index in [0.29, 0.717) is 6.10 Å². The van der Waals surface area contributed by atoms with Gasteiger partial charge in [0.15, 0.2) is 0 Å². The van der Waals surface area contributed by atoms with E-state index >= 15 is 0 Å². The Morgan fingerprint density at radius 3 is 1.81 bits per heavy atom. The molecule has 1 unspecified atom stereocenters. The molecule has 21 heavy (non-hydrogen) atoms. The first-order valence-corrected chi connectivity index (χ1v) is 9.86. The minimum absolute atomic E-state index is 0.618. The van der Waals surface area contributed by atoms with Crippen molar-refractivity contribution in [3.05, 3.63) is 6.42 Å². The van der Waals surface area contributed by atoms with Crippen molar-refractivity contribution in [2.24, 2.45) is 0 Å². The molecule has 1 aliphatic heterocycles. The third-order valence-corrected chi connectivity index (χ3v) is 4.74. The summed E-state index contributed by atoms with van der Waals surface area (Å²) in [6.45, 7) is 3.30. The van der Waals surface area contributed by atoms with E-state index in [4.69, 9.17) is 4.74 Å². The molecule has 1 atom stereocenters. The van der Waals surface area contributed by atoms with Gasteiger partial charge in [0, 0.05) is 6.61 Å². The van der Waals surface area contributed by atoms with Crippen LogP contribution in [0.4, 0.5) is 0 Å². The molecule has 0 aromatic rings. The maximum absolute atomic E-state index is 5.44. The Hall–Kier alpha value is -0.0400. The predicted molar refractivity (Wildman–Crippen MR) is 93.6 cm³/mol. The predicted octanol–water partition coefficient (Wildman–Crippen LogP) is 6.85. The maximum atomic E-state index is 5.44. The normalized spacial score (nSPS) is 17.9. The lowest BCUT2D eigenvalue weighted by molar-refractivity contribution is -0.0555. The molecule has 1 rings (SSSR count). The summed E-state index contributed by atoms with van der Waals surface area (Å²) in [5, 5.41) is 0. The van der Waals surface area contributed by atoms with E-state index in [1.54, 1.807) is 0 Å². The number of hydrogen-bond donors (Lipinski definition) is 0. The molecule has 0 bridgehead atoms. The van der Waals surface area contributed by atoms with E-state index in [-0.39, 0.29) is 0 Å². The van der Waals surface area contributed by atoms with Gasteiger partial charge in [-0.05, 0) is 19.3 Å². The van der Waals surface area contributed by atoms with Gasteiger partial charge in [-0.15, -0.1) is 0 Å². The first-order chi connectivity index (χ1) is 10.4. The number of rotatable bonds is 16. The lowest BCUT2D eigenvalue weighted by atomic mass is 10.0. The molecule has 1 fully saturated rings. The van der Waals surface area contributed by atoms with Gasteiger partial charge in [-0.25, -0.2) is 0 Å². The average molecular weight is 296 g/mol. The molecule has 1 heteroatoms. The lowest BCUT2D eigenvalue weighted by Gasteiger charge is -2.26. The average Bonchev–Trinajstić information content (AvgIpc) is 2.45. The van der Waals surface area contributed by atoms with E-state index in [2.05, 4.69) is 13.3 Å². The smallest absolute Gasteiger partial charge is 0.0597 e. The zero-order chi connectivity index (χ0) is 15.0. The molecule has 0 aromatic carbocycles. The van der Waals surface area contributed by atoms with Gasteiger partial charge in [0.25, 0.3) is 0 Å². The van der Waals surface area contributed by atoms with Crippen molar-refractivity contribution in [3.8, 4) is 0 Å². The third-order valence-electron chi connectivity index (χ3n) is 4.74. The van der Waals surface area contributed by atoms with Crippen molar-refractivity contribution in [1.82, 2.24) is 0 Å². The molecule has 0 saturated carbocycles. The molecule has 0 amide bonds. The van der Waals surface area contributed by atoms with Crippen LogP contribution in [0.25, 0.3) is 0 Å². The Morgan fingerprint density at radius 2 is 1.29 bits per heavy atom. The second kappa shape index (κ2) is 14.9. The number of unbranched alkanes of at least 4 members (excludes halogenated alkanes) is 14. The van der Waals surface area contributed by atoms with Crippen LogP contribution in [0.5, 0.6) is 0 Å². The van der Waals surface area contributed by atoms with Gasteiger partial charge in [-0.3, -0.25) is 0 Å². The van der Waals surface area contributed by atoms with Gasteiger partial charge < -0.3 is 4.74 Å². The summed E-state index contributed by atoms with van der Waals surface area (Å²) in [6.07, 6.45) is 25.6. The summed E-state index contributed by atoms with van der Waals surface area (Å²) in [5.74, 6) is 0. The Kier molecular flexibility index (Phi) is 13.5. The summed E-state index contributed by atoms with van der Waals surface area (Å²) >= 11 is 0. The van der Waals surface area contributed by atoms with Gasteiger partial charge in [0.1, 0.15) is 0 Å². The zero-order valence-corrected chi connectivity index (χ0v) is 14.6. The van der Waals surface area contributed by atoms with Gasteiger partial charge in [0.2, 0.25) is 0 Å². The Balaban J connectivity index is 1.61.